The van der Waals surface area contributed by atoms with E-state index in [9.17, 15) is 5.26 Å². The third-order valence-electron chi connectivity index (χ3n) is 4.35. The van der Waals surface area contributed by atoms with E-state index < -0.39 is 0 Å². The molecule has 1 aliphatic rings. The third-order valence-corrected chi connectivity index (χ3v) is 4.35. The van der Waals surface area contributed by atoms with Gasteiger partial charge in [0.2, 0.25) is 11.8 Å². The van der Waals surface area contributed by atoms with E-state index in [1.54, 1.807) is 0 Å². The third kappa shape index (κ3) is 3.62. The Balaban J connectivity index is 1.93. The maximum Gasteiger partial charge on any atom is 0.243 e. The maximum absolute atomic E-state index is 9.39. The second-order valence-electron chi connectivity index (χ2n) is 6.02. The normalized spacial score (nSPS) is 17.0. The van der Waals surface area contributed by atoms with Crippen molar-refractivity contribution in [2.24, 2.45) is 5.73 Å². The van der Waals surface area contributed by atoms with Crippen molar-refractivity contribution in [2.75, 3.05) is 0 Å². The highest BCUT2D eigenvalue weighted by Crippen LogP contribution is 2.41. The summed E-state index contributed by atoms with van der Waals surface area (Å²) in [4.78, 5) is 0. The van der Waals surface area contributed by atoms with E-state index in [4.69, 9.17) is 10.5 Å². The molecule has 1 atom stereocenters. The highest BCUT2D eigenvalue weighted by Gasteiger charge is 2.32. The van der Waals surface area contributed by atoms with Crippen molar-refractivity contribution >= 4 is 0 Å². The number of nitrogens with zero attached hydrogens (tertiary/aromatic N) is 2. The Morgan fingerprint density at radius 1 is 1.23 bits per heavy atom. The zero-order valence-corrected chi connectivity index (χ0v) is 13.6. The first-order chi connectivity index (χ1) is 10.7. The molecule has 0 fully saturated rings. The van der Waals surface area contributed by atoms with Crippen molar-refractivity contribution in [2.45, 2.75) is 71.1 Å². The van der Waals surface area contributed by atoms with Crippen LogP contribution in [0, 0.1) is 18.3 Å². The van der Waals surface area contributed by atoms with Gasteiger partial charge < -0.3 is 10.5 Å². The number of H-pyrrole nitrogens is 1. The largest absolute Gasteiger partial charge is 0.420 e. The van der Waals surface area contributed by atoms with Gasteiger partial charge in [-0.1, -0.05) is 51.9 Å². The summed E-state index contributed by atoms with van der Waals surface area (Å²) in [6, 6.07) is 2.22. The van der Waals surface area contributed by atoms with E-state index in [0.717, 1.165) is 24.1 Å². The number of unbranched alkanes of at least 4 members (excludes halogenated alkanes) is 6. The Hall–Kier alpha value is -1.96. The predicted octanol–water partition coefficient (Wildman–Crippen LogP) is 4.03. The minimum Gasteiger partial charge on any atom is -0.420 e. The lowest BCUT2D eigenvalue weighted by Gasteiger charge is -2.23. The van der Waals surface area contributed by atoms with E-state index in [2.05, 4.69) is 23.2 Å². The summed E-state index contributed by atoms with van der Waals surface area (Å²) in [5.41, 5.74) is 8.37. The van der Waals surface area contributed by atoms with Gasteiger partial charge in [0, 0.05) is 17.2 Å². The zero-order chi connectivity index (χ0) is 15.9. The number of nitrogens with one attached hydrogen (secondary N) is 1. The van der Waals surface area contributed by atoms with Crippen LogP contribution >= 0.6 is 0 Å². The summed E-state index contributed by atoms with van der Waals surface area (Å²) < 4.78 is 5.45. The molecule has 2 heterocycles. The lowest BCUT2D eigenvalue weighted by Crippen LogP contribution is -2.20. The first kappa shape index (κ1) is 16.4. The minimum absolute atomic E-state index is 0.0168. The summed E-state index contributed by atoms with van der Waals surface area (Å²) in [7, 11) is 0. The predicted molar refractivity (Wildman–Crippen MR) is 86.1 cm³/mol. The highest BCUT2D eigenvalue weighted by atomic mass is 16.5. The average molecular weight is 302 g/mol. The fourth-order valence-electron chi connectivity index (χ4n) is 3.11. The van der Waals surface area contributed by atoms with Crippen LogP contribution in [-0.2, 0) is 0 Å². The van der Waals surface area contributed by atoms with Gasteiger partial charge in [-0.05, 0) is 13.3 Å². The van der Waals surface area contributed by atoms with Crippen LogP contribution in [0.2, 0.25) is 0 Å². The molecule has 0 bridgehead atoms. The van der Waals surface area contributed by atoms with Crippen LogP contribution in [0.5, 0.6) is 5.88 Å². The Morgan fingerprint density at radius 2 is 1.91 bits per heavy atom. The molecule has 1 aromatic rings. The van der Waals surface area contributed by atoms with Crippen molar-refractivity contribution in [1.82, 2.24) is 10.2 Å². The molecule has 1 aromatic heterocycles. The minimum atomic E-state index is 0.0168. The fraction of sp³-hybridized carbons (Fsp3) is 0.647. The average Bonchev–Trinajstić information content (AvgIpc) is 2.87. The number of allylic oxidation sites excluding steroid dienone is 1. The molecule has 2 rings (SSSR count). The van der Waals surface area contributed by atoms with E-state index >= 15 is 0 Å². The number of hydrogen-bond acceptors (Lipinski definition) is 4. The molecule has 22 heavy (non-hydrogen) atoms. The molecule has 0 radical (unpaired) electrons. The van der Waals surface area contributed by atoms with E-state index in [-0.39, 0.29) is 11.8 Å². The number of ether oxygens (including phenoxy) is 1. The molecule has 0 amide bonds. The van der Waals surface area contributed by atoms with Crippen LogP contribution in [0.25, 0.3) is 0 Å². The fourth-order valence-corrected chi connectivity index (χ4v) is 3.11. The molecule has 1 aliphatic heterocycles. The molecule has 0 unspecified atom stereocenters. The van der Waals surface area contributed by atoms with Gasteiger partial charge in [0.25, 0.3) is 0 Å². The van der Waals surface area contributed by atoms with Crippen LogP contribution in [0.4, 0.5) is 0 Å². The second kappa shape index (κ2) is 7.88. The number of nitriles is 1. The van der Waals surface area contributed by atoms with Gasteiger partial charge in [0.1, 0.15) is 6.07 Å². The van der Waals surface area contributed by atoms with Gasteiger partial charge in [-0.2, -0.15) is 5.26 Å². The quantitative estimate of drug-likeness (QED) is 0.710. The summed E-state index contributed by atoms with van der Waals surface area (Å²) >= 11 is 0. The molecule has 0 aromatic carbocycles. The number of rotatable bonds is 8. The highest BCUT2D eigenvalue weighted by molar-refractivity contribution is 5.48. The van der Waals surface area contributed by atoms with Crippen LogP contribution in [0.3, 0.4) is 0 Å². The Kier molecular flexibility index (Phi) is 5.88. The van der Waals surface area contributed by atoms with Crippen molar-refractivity contribution in [3.05, 3.63) is 22.7 Å². The van der Waals surface area contributed by atoms with Gasteiger partial charge in [0.05, 0.1) is 5.57 Å². The summed E-state index contributed by atoms with van der Waals surface area (Å²) in [6.45, 7) is 4.19. The lowest BCUT2D eigenvalue weighted by atomic mass is 9.86. The van der Waals surface area contributed by atoms with Gasteiger partial charge in [-0.15, -0.1) is 5.10 Å². The van der Waals surface area contributed by atoms with Crippen LogP contribution in [-0.4, -0.2) is 10.2 Å². The van der Waals surface area contributed by atoms with Gasteiger partial charge in [0.15, 0.2) is 0 Å². The Bertz CT molecular complexity index is 568. The summed E-state index contributed by atoms with van der Waals surface area (Å²) in [5.74, 6) is 0.750. The van der Waals surface area contributed by atoms with Gasteiger partial charge in [-0.3, -0.25) is 5.10 Å². The van der Waals surface area contributed by atoms with Crippen LogP contribution in [0.15, 0.2) is 11.5 Å². The number of aromatic nitrogens is 2. The SMILES string of the molecule is CCCCCCCCC[C@@H]1C(C#N)=C(N)Oc2n[nH]c(C)c21. The lowest BCUT2D eigenvalue weighted by molar-refractivity contribution is 0.369. The Morgan fingerprint density at radius 3 is 2.59 bits per heavy atom. The molecular formula is C17H26N4O. The first-order valence-corrected chi connectivity index (χ1v) is 8.31. The number of nitrogens with two attached hydrogens (primary N) is 1. The van der Waals surface area contributed by atoms with Gasteiger partial charge in [-0.25, -0.2) is 0 Å². The molecule has 5 heteroatoms. The van der Waals surface area contributed by atoms with E-state index in [0.29, 0.717) is 11.5 Å². The van der Waals surface area contributed by atoms with E-state index in [1.807, 2.05) is 6.92 Å². The smallest absolute Gasteiger partial charge is 0.243 e. The molecule has 0 aliphatic carbocycles. The van der Waals surface area contributed by atoms with Crippen molar-refractivity contribution < 1.29 is 4.74 Å². The van der Waals surface area contributed by atoms with Crippen molar-refractivity contribution in [3.8, 4) is 11.9 Å². The van der Waals surface area contributed by atoms with Gasteiger partial charge >= 0.3 is 0 Å². The van der Waals surface area contributed by atoms with E-state index in [1.165, 1.54) is 38.5 Å². The molecule has 0 spiro atoms. The standard InChI is InChI=1S/C17H26N4O/c1-3-4-5-6-7-8-9-10-13-14(11-18)16(19)22-17-15(13)12(2)20-21-17/h13H,3-10,19H2,1-2H3,(H,20,21)/t13-/m1/s1. The molecule has 120 valence electrons. The van der Waals surface area contributed by atoms with Crippen molar-refractivity contribution in [1.29, 1.82) is 5.26 Å². The molecule has 3 N–H and O–H groups in total. The van der Waals surface area contributed by atoms with Crippen molar-refractivity contribution in [3.63, 3.8) is 0 Å². The second-order valence-corrected chi connectivity index (χ2v) is 6.02. The summed E-state index contributed by atoms with van der Waals surface area (Å²) in [6.07, 6.45) is 9.73. The maximum atomic E-state index is 9.39. The molecule has 0 saturated carbocycles. The van der Waals surface area contributed by atoms with Crippen LogP contribution < -0.4 is 10.5 Å². The summed E-state index contributed by atoms with van der Waals surface area (Å²) in [5, 5.41) is 16.5. The zero-order valence-electron chi connectivity index (χ0n) is 13.6. The Labute approximate surface area is 132 Å². The monoisotopic (exact) mass is 302 g/mol. The molecule has 5 nitrogen and oxygen atoms in total. The number of aromatic amines is 1. The first-order valence-electron chi connectivity index (χ1n) is 8.31. The van der Waals surface area contributed by atoms with Crippen LogP contribution in [0.1, 0.15) is 75.5 Å². The number of aryl methyl sites for hydroxylation is 1. The topological polar surface area (TPSA) is 87.7 Å². The number of hydrogen-bond donors (Lipinski definition) is 2. The number of fused-ring (bicyclic) bond motifs is 1. The molecular weight excluding hydrogens is 276 g/mol. The molecule has 0 saturated heterocycles.